The standard InChI is InChI=1S/C20H26N2O5/c1-6-22-13(2)7-18(14(22)3)20(25)21(12-19(23)24)11-15-8-16(26-4)10-17(9-15)27-5/h7-10H,6,11-12H2,1-5H3,(H,23,24). The van der Waals surface area contributed by atoms with Gasteiger partial charge in [-0.05, 0) is 44.5 Å². The van der Waals surface area contributed by atoms with Gasteiger partial charge in [0, 0.05) is 30.5 Å². The number of hydrogen-bond donors (Lipinski definition) is 1. The molecule has 0 aliphatic rings. The normalized spacial score (nSPS) is 10.6. The van der Waals surface area contributed by atoms with Gasteiger partial charge in [-0.15, -0.1) is 0 Å². The highest BCUT2D eigenvalue weighted by molar-refractivity contribution is 5.97. The van der Waals surface area contributed by atoms with Crippen molar-refractivity contribution in [3.05, 3.63) is 46.8 Å². The minimum absolute atomic E-state index is 0.133. The van der Waals surface area contributed by atoms with Gasteiger partial charge in [-0.2, -0.15) is 0 Å². The summed E-state index contributed by atoms with van der Waals surface area (Å²) in [4.78, 5) is 25.7. The molecule has 27 heavy (non-hydrogen) atoms. The quantitative estimate of drug-likeness (QED) is 0.768. The third kappa shape index (κ3) is 4.61. The Labute approximate surface area is 159 Å². The molecule has 0 unspecified atom stereocenters. The van der Waals surface area contributed by atoms with Gasteiger partial charge < -0.3 is 24.0 Å². The number of aromatic nitrogens is 1. The molecule has 0 spiro atoms. The van der Waals surface area contributed by atoms with Gasteiger partial charge in [0.25, 0.3) is 5.91 Å². The Morgan fingerprint density at radius 2 is 1.67 bits per heavy atom. The Balaban J connectivity index is 2.38. The van der Waals surface area contributed by atoms with E-state index in [4.69, 9.17) is 9.47 Å². The first-order chi connectivity index (χ1) is 12.8. The van der Waals surface area contributed by atoms with Crippen molar-refractivity contribution in [2.24, 2.45) is 0 Å². The van der Waals surface area contributed by atoms with Crippen LogP contribution >= 0.6 is 0 Å². The van der Waals surface area contributed by atoms with Crippen LogP contribution in [-0.2, 0) is 17.9 Å². The highest BCUT2D eigenvalue weighted by Crippen LogP contribution is 2.24. The van der Waals surface area contributed by atoms with Crippen LogP contribution in [0.5, 0.6) is 11.5 Å². The van der Waals surface area contributed by atoms with Crippen LogP contribution in [0.3, 0.4) is 0 Å². The lowest BCUT2D eigenvalue weighted by atomic mass is 10.1. The summed E-state index contributed by atoms with van der Waals surface area (Å²) in [6.45, 7) is 6.30. The number of ether oxygens (including phenoxy) is 2. The molecule has 1 amide bonds. The molecule has 0 saturated heterocycles. The Hall–Kier alpha value is -2.96. The van der Waals surface area contributed by atoms with Gasteiger partial charge in [0.2, 0.25) is 0 Å². The number of hydrogen-bond acceptors (Lipinski definition) is 4. The lowest BCUT2D eigenvalue weighted by Crippen LogP contribution is -2.35. The summed E-state index contributed by atoms with van der Waals surface area (Å²) < 4.78 is 12.5. The van der Waals surface area contributed by atoms with E-state index in [0.29, 0.717) is 17.1 Å². The molecule has 0 bridgehead atoms. The number of nitrogens with zero attached hydrogens (tertiary/aromatic N) is 2. The Morgan fingerprint density at radius 3 is 2.11 bits per heavy atom. The maximum Gasteiger partial charge on any atom is 0.323 e. The first-order valence-electron chi connectivity index (χ1n) is 8.70. The first-order valence-corrected chi connectivity index (χ1v) is 8.70. The molecule has 0 fully saturated rings. The number of carboxylic acid groups (broad SMARTS) is 1. The number of carbonyl (C=O) groups is 2. The van der Waals surface area contributed by atoms with E-state index in [0.717, 1.165) is 23.5 Å². The number of methoxy groups -OCH3 is 2. The topological polar surface area (TPSA) is 81.0 Å². The molecule has 2 rings (SSSR count). The molecule has 1 heterocycles. The van der Waals surface area contributed by atoms with Crippen LogP contribution in [0, 0.1) is 13.8 Å². The zero-order chi connectivity index (χ0) is 20.1. The molecule has 1 N–H and O–H groups in total. The van der Waals surface area contributed by atoms with Crippen LogP contribution in [0.4, 0.5) is 0 Å². The van der Waals surface area contributed by atoms with Crippen LogP contribution in [0.15, 0.2) is 24.3 Å². The minimum atomic E-state index is -1.07. The van der Waals surface area contributed by atoms with E-state index >= 15 is 0 Å². The number of carboxylic acids is 1. The SMILES string of the molecule is CCn1c(C)cc(C(=O)N(CC(=O)O)Cc2cc(OC)cc(OC)c2)c1C. The molecule has 0 radical (unpaired) electrons. The van der Waals surface area contributed by atoms with Crippen LogP contribution < -0.4 is 9.47 Å². The summed E-state index contributed by atoms with van der Waals surface area (Å²) in [5.74, 6) is -0.220. The number of aliphatic carboxylic acids is 1. The third-order valence-electron chi connectivity index (χ3n) is 4.52. The predicted molar refractivity (Wildman–Crippen MR) is 102 cm³/mol. The summed E-state index contributed by atoms with van der Waals surface area (Å²) >= 11 is 0. The maximum absolute atomic E-state index is 13.1. The molecular formula is C20H26N2O5. The van der Waals surface area contributed by atoms with Gasteiger partial charge >= 0.3 is 5.97 Å². The number of benzene rings is 1. The highest BCUT2D eigenvalue weighted by Gasteiger charge is 2.23. The van der Waals surface area contributed by atoms with Crippen LogP contribution in [-0.4, -0.2) is 47.2 Å². The van der Waals surface area contributed by atoms with E-state index in [-0.39, 0.29) is 12.5 Å². The van der Waals surface area contributed by atoms with Gasteiger partial charge in [-0.3, -0.25) is 9.59 Å². The van der Waals surface area contributed by atoms with Gasteiger partial charge in [-0.25, -0.2) is 0 Å². The van der Waals surface area contributed by atoms with Crippen LogP contribution in [0.25, 0.3) is 0 Å². The molecular weight excluding hydrogens is 348 g/mol. The van der Waals surface area contributed by atoms with Gasteiger partial charge in [0.1, 0.15) is 18.0 Å². The summed E-state index contributed by atoms with van der Waals surface area (Å²) in [5, 5.41) is 9.29. The second-order valence-corrected chi connectivity index (χ2v) is 6.30. The van der Waals surface area contributed by atoms with E-state index < -0.39 is 12.5 Å². The fourth-order valence-corrected chi connectivity index (χ4v) is 3.22. The first kappa shape index (κ1) is 20.4. The number of aryl methyl sites for hydroxylation is 1. The molecule has 1 aromatic carbocycles. The van der Waals surface area contributed by atoms with Gasteiger partial charge in [0.05, 0.1) is 19.8 Å². The van der Waals surface area contributed by atoms with Crippen LogP contribution in [0.2, 0.25) is 0 Å². The minimum Gasteiger partial charge on any atom is -0.497 e. The molecule has 0 atom stereocenters. The van der Waals surface area contributed by atoms with Crippen molar-refractivity contribution >= 4 is 11.9 Å². The molecule has 0 saturated carbocycles. The van der Waals surface area contributed by atoms with Crippen molar-refractivity contribution in [2.45, 2.75) is 33.9 Å². The largest absolute Gasteiger partial charge is 0.497 e. The molecule has 0 aliphatic heterocycles. The Kier molecular flexibility index (Phi) is 6.50. The smallest absolute Gasteiger partial charge is 0.323 e. The van der Waals surface area contributed by atoms with E-state index in [1.54, 1.807) is 32.4 Å². The maximum atomic E-state index is 13.1. The molecule has 1 aromatic heterocycles. The summed E-state index contributed by atoms with van der Waals surface area (Å²) in [5.41, 5.74) is 3.05. The molecule has 7 heteroatoms. The van der Waals surface area contributed by atoms with Crippen molar-refractivity contribution < 1.29 is 24.2 Å². The van der Waals surface area contributed by atoms with Crippen molar-refractivity contribution in [3.8, 4) is 11.5 Å². The molecule has 7 nitrogen and oxygen atoms in total. The van der Waals surface area contributed by atoms with E-state index in [2.05, 4.69) is 0 Å². The third-order valence-corrected chi connectivity index (χ3v) is 4.52. The van der Waals surface area contributed by atoms with Gasteiger partial charge in [0.15, 0.2) is 0 Å². The zero-order valence-corrected chi connectivity index (χ0v) is 16.4. The fourth-order valence-electron chi connectivity index (χ4n) is 3.22. The second-order valence-electron chi connectivity index (χ2n) is 6.30. The monoisotopic (exact) mass is 374 g/mol. The van der Waals surface area contributed by atoms with Crippen molar-refractivity contribution in [3.63, 3.8) is 0 Å². The van der Waals surface area contributed by atoms with E-state index in [9.17, 15) is 14.7 Å². The highest BCUT2D eigenvalue weighted by atomic mass is 16.5. The van der Waals surface area contributed by atoms with Crippen molar-refractivity contribution in [2.75, 3.05) is 20.8 Å². The number of amides is 1. The lowest BCUT2D eigenvalue weighted by molar-refractivity contribution is -0.137. The van der Waals surface area contributed by atoms with Gasteiger partial charge in [-0.1, -0.05) is 0 Å². The summed E-state index contributed by atoms with van der Waals surface area (Å²) in [6, 6.07) is 7.06. The molecule has 2 aromatic rings. The zero-order valence-electron chi connectivity index (χ0n) is 16.4. The summed E-state index contributed by atoms with van der Waals surface area (Å²) in [6.07, 6.45) is 0. The second kappa shape index (κ2) is 8.62. The van der Waals surface area contributed by atoms with Crippen molar-refractivity contribution in [1.29, 1.82) is 0 Å². The Bertz CT molecular complexity index is 819. The Morgan fingerprint density at radius 1 is 1.07 bits per heavy atom. The average Bonchev–Trinajstić information content (AvgIpc) is 2.93. The number of carbonyl (C=O) groups excluding carboxylic acids is 1. The number of rotatable bonds is 8. The fraction of sp³-hybridized carbons (Fsp3) is 0.400. The van der Waals surface area contributed by atoms with E-state index in [1.807, 2.05) is 31.4 Å². The predicted octanol–water partition coefficient (Wildman–Crippen LogP) is 2.87. The van der Waals surface area contributed by atoms with Crippen LogP contribution in [0.1, 0.15) is 34.2 Å². The van der Waals surface area contributed by atoms with Crippen molar-refractivity contribution in [1.82, 2.24) is 9.47 Å². The lowest BCUT2D eigenvalue weighted by Gasteiger charge is -2.21. The molecule has 146 valence electrons. The molecule has 0 aliphatic carbocycles. The van der Waals surface area contributed by atoms with E-state index in [1.165, 1.54) is 4.90 Å². The summed E-state index contributed by atoms with van der Waals surface area (Å²) in [7, 11) is 3.08. The average molecular weight is 374 g/mol.